The fourth-order valence-corrected chi connectivity index (χ4v) is 2.51. The molecule has 0 saturated carbocycles. The van der Waals surface area contributed by atoms with Crippen LogP contribution in [0, 0.1) is 0 Å². The molecule has 18 heavy (non-hydrogen) atoms. The van der Waals surface area contributed by atoms with E-state index in [1.165, 1.54) is 6.42 Å². The summed E-state index contributed by atoms with van der Waals surface area (Å²) in [6, 6.07) is 2.13. The average molecular weight is 250 g/mol. The summed E-state index contributed by atoms with van der Waals surface area (Å²) in [5.41, 5.74) is 6.32. The first-order valence-electron chi connectivity index (χ1n) is 6.66. The molecule has 2 heterocycles. The number of nitrogen functional groups attached to an aromatic ring is 1. The van der Waals surface area contributed by atoms with Gasteiger partial charge >= 0.3 is 0 Å². The lowest BCUT2D eigenvalue weighted by Crippen LogP contribution is -2.42. The van der Waals surface area contributed by atoms with Crippen LogP contribution in [-0.4, -0.2) is 33.2 Å². The van der Waals surface area contributed by atoms with Crippen LogP contribution < -0.4 is 5.73 Å². The van der Waals surface area contributed by atoms with Crippen molar-refractivity contribution in [2.45, 2.75) is 52.1 Å². The normalized spacial score (nSPS) is 20.4. The van der Waals surface area contributed by atoms with Crippen molar-refractivity contribution in [1.82, 2.24) is 14.7 Å². The van der Waals surface area contributed by atoms with Gasteiger partial charge in [-0.05, 0) is 40.0 Å². The molecule has 1 aromatic heterocycles. The van der Waals surface area contributed by atoms with E-state index in [1.54, 1.807) is 10.7 Å². The number of hydrogen-bond donors (Lipinski definition) is 1. The lowest BCUT2D eigenvalue weighted by Gasteiger charge is -2.33. The summed E-state index contributed by atoms with van der Waals surface area (Å²) in [5, 5.41) is 4.20. The lowest BCUT2D eigenvalue weighted by atomic mass is 10.0. The second kappa shape index (κ2) is 5.00. The minimum Gasteiger partial charge on any atom is -0.382 e. The molecule has 1 atom stereocenters. The van der Waals surface area contributed by atoms with Gasteiger partial charge in [-0.25, -0.2) is 0 Å². The molecule has 0 radical (unpaired) electrons. The van der Waals surface area contributed by atoms with Crippen LogP contribution in [0.1, 0.15) is 56.6 Å². The van der Waals surface area contributed by atoms with Crippen LogP contribution >= 0.6 is 0 Å². The van der Waals surface area contributed by atoms with Crippen molar-refractivity contribution < 1.29 is 4.79 Å². The van der Waals surface area contributed by atoms with Gasteiger partial charge in [0, 0.05) is 24.7 Å². The minimum absolute atomic E-state index is 0.0556. The number of hydrogen-bond acceptors (Lipinski definition) is 3. The standard InChI is InChI=1S/C13H22N4O/c1-9(2)17-11(8-12(14)15-17)13(18)16-7-5-4-6-10(16)3/h8-10H,4-7H2,1-3H3,(H2,14,15). The number of rotatable bonds is 2. The van der Waals surface area contributed by atoms with Crippen molar-refractivity contribution >= 4 is 11.7 Å². The van der Waals surface area contributed by atoms with Crippen molar-refractivity contribution in [1.29, 1.82) is 0 Å². The Morgan fingerprint density at radius 1 is 1.50 bits per heavy atom. The molecule has 1 fully saturated rings. The molecule has 1 amide bonds. The smallest absolute Gasteiger partial charge is 0.272 e. The highest BCUT2D eigenvalue weighted by Crippen LogP contribution is 2.21. The second-order valence-corrected chi connectivity index (χ2v) is 5.34. The lowest BCUT2D eigenvalue weighted by molar-refractivity contribution is 0.0620. The molecule has 1 aliphatic heterocycles. The van der Waals surface area contributed by atoms with Crippen LogP contribution in [0.2, 0.25) is 0 Å². The molecule has 100 valence electrons. The molecule has 1 aromatic rings. The molecule has 1 unspecified atom stereocenters. The number of aromatic nitrogens is 2. The van der Waals surface area contributed by atoms with Gasteiger partial charge in [-0.2, -0.15) is 5.10 Å². The average Bonchev–Trinajstić information content (AvgIpc) is 2.71. The van der Waals surface area contributed by atoms with Crippen molar-refractivity contribution in [2.24, 2.45) is 0 Å². The molecule has 0 aliphatic carbocycles. The summed E-state index contributed by atoms with van der Waals surface area (Å²) in [6.07, 6.45) is 3.37. The maximum atomic E-state index is 12.6. The van der Waals surface area contributed by atoms with Gasteiger partial charge < -0.3 is 10.6 Å². The zero-order chi connectivity index (χ0) is 13.3. The van der Waals surface area contributed by atoms with Gasteiger partial charge in [0.25, 0.3) is 5.91 Å². The van der Waals surface area contributed by atoms with E-state index in [9.17, 15) is 4.79 Å². The number of carbonyl (C=O) groups is 1. The summed E-state index contributed by atoms with van der Waals surface area (Å²) in [4.78, 5) is 14.5. The molecule has 1 saturated heterocycles. The second-order valence-electron chi connectivity index (χ2n) is 5.34. The summed E-state index contributed by atoms with van der Waals surface area (Å²) in [5.74, 6) is 0.469. The Morgan fingerprint density at radius 3 is 2.83 bits per heavy atom. The van der Waals surface area contributed by atoms with Gasteiger partial charge in [0.05, 0.1) is 0 Å². The summed E-state index contributed by atoms with van der Waals surface area (Å²) in [6.45, 7) is 6.95. The fraction of sp³-hybridized carbons (Fsp3) is 0.692. The molecule has 5 nitrogen and oxygen atoms in total. The molecule has 2 N–H and O–H groups in total. The molecular formula is C13H22N4O. The zero-order valence-corrected chi connectivity index (χ0v) is 11.4. The van der Waals surface area contributed by atoms with Crippen LogP contribution in [0.25, 0.3) is 0 Å². The predicted octanol–water partition coefficient (Wildman–Crippen LogP) is 2.06. The Hall–Kier alpha value is -1.52. The first kappa shape index (κ1) is 12.9. The molecule has 1 aliphatic rings. The zero-order valence-electron chi connectivity index (χ0n) is 11.4. The number of carbonyl (C=O) groups excluding carboxylic acids is 1. The van der Waals surface area contributed by atoms with Crippen molar-refractivity contribution in [2.75, 3.05) is 12.3 Å². The Labute approximate surface area is 108 Å². The van der Waals surface area contributed by atoms with Crippen molar-refractivity contribution in [3.8, 4) is 0 Å². The first-order valence-corrected chi connectivity index (χ1v) is 6.66. The van der Waals surface area contributed by atoms with Gasteiger partial charge in [-0.1, -0.05) is 0 Å². The van der Waals surface area contributed by atoms with E-state index in [4.69, 9.17) is 5.73 Å². The van der Waals surface area contributed by atoms with Crippen LogP contribution in [0.5, 0.6) is 0 Å². The summed E-state index contributed by atoms with van der Waals surface area (Å²) < 4.78 is 1.72. The van der Waals surface area contributed by atoms with Crippen LogP contribution in [-0.2, 0) is 0 Å². The summed E-state index contributed by atoms with van der Waals surface area (Å²) >= 11 is 0. The van der Waals surface area contributed by atoms with Crippen LogP contribution in [0.15, 0.2) is 6.07 Å². The summed E-state index contributed by atoms with van der Waals surface area (Å²) in [7, 11) is 0. The van der Waals surface area contributed by atoms with E-state index in [0.29, 0.717) is 17.6 Å². The Kier molecular flexibility index (Phi) is 3.59. The largest absolute Gasteiger partial charge is 0.382 e. The third-order valence-corrected chi connectivity index (χ3v) is 3.53. The number of anilines is 1. The van der Waals surface area contributed by atoms with E-state index in [1.807, 2.05) is 18.7 Å². The van der Waals surface area contributed by atoms with Crippen LogP contribution in [0.3, 0.4) is 0 Å². The molecular weight excluding hydrogens is 228 g/mol. The van der Waals surface area contributed by atoms with E-state index in [-0.39, 0.29) is 11.9 Å². The number of amides is 1. The van der Waals surface area contributed by atoms with E-state index in [0.717, 1.165) is 19.4 Å². The monoisotopic (exact) mass is 250 g/mol. The highest BCUT2D eigenvalue weighted by atomic mass is 16.2. The van der Waals surface area contributed by atoms with Gasteiger partial charge in [-0.3, -0.25) is 9.48 Å². The van der Waals surface area contributed by atoms with E-state index in [2.05, 4.69) is 12.0 Å². The minimum atomic E-state index is 0.0556. The van der Waals surface area contributed by atoms with E-state index < -0.39 is 0 Å². The molecule has 0 aromatic carbocycles. The van der Waals surface area contributed by atoms with Gasteiger partial charge in [0.1, 0.15) is 11.5 Å². The molecule has 2 rings (SSSR count). The predicted molar refractivity (Wildman–Crippen MR) is 71.4 cm³/mol. The number of nitrogens with zero attached hydrogens (tertiary/aromatic N) is 3. The van der Waals surface area contributed by atoms with Crippen molar-refractivity contribution in [3.05, 3.63) is 11.8 Å². The van der Waals surface area contributed by atoms with Gasteiger partial charge in [-0.15, -0.1) is 0 Å². The molecule has 5 heteroatoms. The number of likely N-dealkylation sites (tertiary alicyclic amines) is 1. The Morgan fingerprint density at radius 2 is 2.22 bits per heavy atom. The van der Waals surface area contributed by atoms with Gasteiger partial charge in [0.2, 0.25) is 0 Å². The molecule has 0 bridgehead atoms. The number of piperidine rings is 1. The van der Waals surface area contributed by atoms with Gasteiger partial charge in [0.15, 0.2) is 0 Å². The fourth-order valence-electron chi connectivity index (χ4n) is 2.51. The van der Waals surface area contributed by atoms with Crippen LogP contribution in [0.4, 0.5) is 5.82 Å². The third-order valence-electron chi connectivity index (χ3n) is 3.53. The highest BCUT2D eigenvalue weighted by Gasteiger charge is 2.27. The maximum Gasteiger partial charge on any atom is 0.272 e. The first-order chi connectivity index (χ1) is 8.50. The Bertz CT molecular complexity index is 438. The quantitative estimate of drug-likeness (QED) is 0.873. The Balaban J connectivity index is 2.27. The number of nitrogens with two attached hydrogens (primary N) is 1. The van der Waals surface area contributed by atoms with Crippen molar-refractivity contribution in [3.63, 3.8) is 0 Å². The third kappa shape index (κ3) is 2.35. The topological polar surface area (TPSA) is 64.2 Å². The van der Waals surface area contributed by atoms with E-state index >= 15 is 0 Å². The SMILES string of the molecule is CC1CCCCN1C(=O)c1cc(N)nn1C(C)C. The maximum absolute atomic E-state index is 12.6. The molecule has 0 spiro atoms. The highest BCUT2D eigenvalue weighted by molar-refractivity contribution is 5.93.